The summed E-state index contributed by atoms with van der Waals surface area (Å²) in [7, 11) is -3.62. The number of ether oxygens (including phenoxy) is 1. The first kappa shape index (κ1) is 20.3. The van der Waals surface area contributed by atoms with E-state index in [0.29, 0.717) is 30.4 Å². The smallest absolute Gasteiger partial charge is 0.338 e. The SMILES string of the molecule is CC1CCCC(S(=O)(=O)c2ccccc2)CC(=O)Cc2ccccc2C(=O)O1. The van der Waals surface area contributed by atoms with E-state index < -0.39 is 21.1 Å². The highest BCUT2D eigenvalue weighted by molar-refractivity contribution is 7.92. The summed E-state index contributed by atoms with van der Waals surface area (Å²) in [6, 6.07) is 15.1. The van der Waals surface area contributed by atoms with Crippen LogP contribution in [0.15, 0.2) is 59.5 Å². The molecular weight excluding hydrogens is 376 g/mol. The number of ketones is 1. The molecule has 5 nitrogen and oxygen atoms in total. The van der Waals surface area contributed by atoms with Crippen LogP contribution in [-0.2, 0) is 25.8 Å². The van der Waals surface area contributed by atoms with Gasteiger partial charge >= 0.3 is 5.97 Å². The van der Waals surface area contributed by atoms with E-state index in [-0.39, 0.29) is 29.6 Å². The molecule has 0 aliphatic carbocycles. The molecule has 0 aromatic heterocycles. The van der Waals surface area contributed by atoms with Crippen molar-refractivity contribution in [1.82, 2.24) is 0 Å². The number of rotatable bonds is 2. The summed E-state index contributed by atoms with van der Waals surface area (Å²) in [6.45, 7) is 1.80. The van der Waals surface area contributed by atoms with Gasteiger partial charge in [-0.15, -0.1) is 0 Å². The van der Waals surface area contributed by atoms with E-state index in [1.54, 1.807) is 61.5 Å². The maximum Gasteiger partial charge on any atom is 0.338 e. The zero-order valence-corrected chi connectivity index (χ0v) is 16.7. The van der Waals surface area contributed by atoms with Gasteiger partial charge in [-0.2, -0.15) is 0 Å². The summed E-state index contributed by atoms with van der Waals surface area (Å²) in [5, 5.41) is -0.781. The van der Waals surface area contributed by atoms with E-state index >= 15 is 0 Å². The van der Waals surface area contributed by atoms with Crippen molar-refractivity contribution in [3.63, 3.8) is 0 Å². The van der Waals surface area contributed by atoms with Crippen LogP contribution in [-0.4, -0.2) is 31.5 Å². The Hall–Kier alpha value is -2.47. The molecule has 0 saturated carbocycles. The fourth-order valence-electron chi connectivity index (χ4n) is 3.52. The lowest BCUT2D eigenvalue weighted by atomic mass is 9.98. The molecule has 6 heteroatoms. The van der Waals surface area contributed by atoms with Gasteiger partial charge in [0.1, 0.15) is 5.78 Å². The molecule has 1 aliphatic rings. The van der Waals surface area contributed by atoms with Crippen LogP contribution in [0.2, 0.25) is 0 Å². The van der Waals surface area contributed by atoms with Gasteiger partial charge in [0.2, 0.25) is 0 Å². The summed E-state index contributed by atoms with van der Waals surface area (Å²) in [5.74, 6) is -0.636. The zero-order valence-electron chi connectivity index (χ0n) is 15.8. The molecule has 0 N–H and O–H groups in total. The normalized spacial score (nSPS) is 21.8. The molecule has 0 saturated heterocycles. The number of carbonyl (C=O) groups excluding carboxylic acids is 2. The fraction of sp³-hybridized carbons (Fsp3) is 0.364. The number of hydrogen-bond acceptors (Lipinski definition) is 5. The van der Waals surface area contributed by atoms with Crippen LogP contribution in [0.25, 0.3) is 0 Å². The zero-order chi connectivity index (χ0) is 20.1. The Morgan fingerprint density at radius 2 is 1.61 bits per heavy atom. The second kappa shape index (κ2) is 8.69. The molecular formula is C22H24O5S. The van der Waals surface area contributed by atoms with Crippen LogP contribution in [0.5, 0.6) is 0 Å². The summed E-state index contributed by atoms with van der Waals surface area (Å²) >= 11 is 0. The third kappa shape index (κ3) is 4.68. The van der Waals surface area contributed by atoms with Crippen LogP contribution in [0, 0.1) is 0 Å². The molecule has 148 valence electrons. The fourth-order valence-corrected chi connectivity index (χ4v) is 5.32. The minimum Gasteiger partial charge on any atom is -0.459 e. The molecule has 28 heavy (non-hydrogen) atoms. The molecule has 1 aliphatic heterocycles. The molecule has 2 atom stereocenters. The average molecular weight is 400 g/mol. The van der Waals surface area contributed by atoms with Crippen molar-refractivity contribution in [3.8, 4) is 0 Å². The quantitative estimate of drug-likeness (QED) is 0.718. The van der Waals surface area contributed by atoms with Crippen LogP contribution >= 0.6 is 0 Å². The van der Waals surface area contributed by atoms with E-state index in [9.17, 15) is 18.0 Å². The monoisotopic (exact) mass is 400 g/mol. The van der Waals surface area contributed by atoms with Gasteiger partial charge in [0.25, 0.3) is 0 Å². The molecule has 2 aromatic carbocycles. The highest BCUT2D eigenvalue weighted by Crippen LogP contribution is 2.25. The van der Waals surface area contributed by atoms with Gasteiger partial charge in [0.05, 0.1) is 21.8 Å². The molecule has 0 bridgehead atoms. The topological polar surface area (TPSA) is 77.5 Å². The molecule has 0 spiro atoms. The van der Waals surface area contributed by atoms with Crippen molar-refractivity contribution in [1.29, 1.82) is 0 Å². The maximum atomic E-state index is 13.1. The summed E-state index contributed by atoms with van der Waals surface area (Å²) in [5.41, 5.74) is 0.937. The lowest BCUT2D eigenvalue weighted by Crippen LogP contribution is -2.27. The summed E-state index contributed by atoms with van der Waals surface area (Å²) < 4.78 is 31.7. The van der Waals surface area contributed by atoms with Crippen molar-refractivity contribution >= 4 is 21.6 Å². The van der Waals surface area contributed by atoms with Gasteiger partial charge in [-0.05, 0) is 49.9 Å². The van der Waals surface area contributed by atoms with Crippen LogP contribution in [0.3, 0.4) is 0 Å². The predicted molar refractivity (Wildman–Crippen MR) is 106 cm³/mol. The Balaban J connectivity index is 1.92. The van der Waals surface area contributed by atoms with Crippen molar-refractivity contribution in [2.24, 2.45) is 0 Å². The third-order valence-electron chi connectivity index (χ3n) is 5.04. The highest BCUT2D eigenvalue weighted by atomic mass is 32.2. The van der Waals surface area contributed by atoms with Gasteiger partial charge in [-0.25, -0.2) is 13.2 Å². The molecule has 2 unspecified atom stereocenters. The Kier molecular flexibility index (Phi) is 6.29. The minimum atomic E-state index is -3.62. The molecule has 2 aromatic rings. The van der Waals surface area contributed by atoms with Gasteiger partial charge in [0.15, 0.2) is 9.84 Å². The Morgan fingerprint density at radius 1 is 0.929 bits per heavy atom. The summed E-state index contributed by atoms with van der Waals surface area (Å²) in [4.78, 5) is 25.4. The number of benzene rings is 2. The molecule has 0 fully saturated rings. The van der Waals surface area contributed by atoms with E-state index in [0.717, 1.165) is 0 Å². The molecule has 1 heterocycles. The van der Waals surface area contributed by atoms with Crippen molar-refractivity contribution < 1.29 is 22.7 Å². The third-order valence-corrected chi connectivity index (χ3v) is 7.25. The van der Waals surface area contributed by atoms with Crippen molar-refractivity contribution in [2.45, 2.75) is 55.3 Å². The van der Waals surface area contributed by atoms with E-state index in [4.69, 9.17) is 4.74 Å². The van der Waals surface area contributed by atoms with Crippen LogP contribution < -0.4 is 0 Å². The number of hydrogen-bond donors (Lipinski definition) is 0. The number of sulfone groups is 1. The number of fused-ring (bicyclic) bond motifs is 1. The second-order valence-electron chi connectivity index (χ2n) is 7.20. The summed E-state index contributed by atoms with van der Waals surface area (Å²) in [6.07, 6.45) is 1.08. The largest absolute Gasteiger partial charge is 0.459 e. The first-order valence-corrected chi connectivity index (χ1v) is 11.0. The standard InChI is InChI=1S/C22H24O5S/c1-16-8-7-12-20(28(25,26)19-10-3-2-4-11-19)15-18(23)14-17-9-5-6-13-21(17)22(24)27-16/h2-6,9-11,13,16,20H,7-8,12,14-15H2,1H3. The van der Waals surface area contributed by atoms with Crippen LogP contribution in [0.4, 0.5) is 0 Å². The molecule has 3 rings (SSSR count). The van der Waals surface area contributed by atoms with Crippen LogP contribution in [0.1, 0.15) is 48.5 Å². The van der Waals surface area contributed by atoms with E-state index in [2.05, 4.69) is 0 Å². The molecule has 0 amide bonds. The van der Waals surface area contributed by atoms with Gasteiger partial charge in [0, 0.05) is 12.8 Å². The van der Waals surface area contributed by atoms with Crippen molar-refractivity contribution in [3.05, 3.63) is 65.7 Å². The van der Waals surface area contributed by atoms with Crippen molar-refractivity contribution in [2.75, 3.05) is 0 Å². The van der Waals surface area contributed by atoms with Gasteiger partial charge in [-0.3, -0.25) is 4.79 Å². The molecule has 0 radical (unpaired) electrons. The first-order valence-electron chi connectivity index (χ1n) is 9.47. The minimum absolute atomic E-state index is 0.0143. The number of carbonyl (C=O) groups is 2. The highest BCUT2D eigenvalue weighted by Gasteiger charge is 2.30. The second-order valence-corrected chi connectivity index (χ2v) is 9.43. The lowest BCUT2D eigenvalue weighted by molar-refractivity contribution is -0.118. The Morgan fingerprint density at radius 3 is 2.36 bits per heavy atom. The van der Waals surface area contributed by atoms with E-state index in [1.807, 2.05) is 0 Å². The Labute approximate surface area is 165 Å². The first-order chi connectivity index (χ1) is 13.4. The predicted octanol–water partition coefficient (Wildman–Crippen LogP) is 3.76. The average Bonchev–Trinajstić information content (AvgIpc) is 2.67. The maximum absolute atomic E-state index is 13.1. The number of Topliss-reactive ketones (excluding diaryl/α,β-unsaturated/α-hetero) is 1. The lowest BCUT2D eigenvalue weighted by Gasteiger charge is -2.21. The van der Waals surface area contributed by atoms with Gasteiger partial charge in [-0.1, -0.05) is 36.4 Å². The number of esters is 1. The number of cyclic esters (lactones) is 1. The Bertz CT molecular complexity index is 950. The van der Waals surface area contributed by atoms with E-state index in [1.165, 1.54) is 0 Å². The van der Waals surface area contributed by atoms with Gasteiger partial charge < -0.3 is 4.74 Å².